The summed E-state index contributed by atoms with van der Waals surface area (Å²) in [6.45, 7) is 6.16. The minimum Gasteiger partial charge on any atom is -0.347 e. The molecule has 0 spiro atoms. The molecule has 1 aliphatic heterocycles. The first-order chi connectivity index (χ1) is 15.3. The van der Waals surface area contributed by atoms with Crippen LogP contribution in [0.2, 0.25) is 0 Å². The van der Waals surface area contributed by atoms with Gasteiger partial charge in [0.15, 0.2) is 6.29 Å². The molecular formula is C27H41NO2S. The highest BCUT2D eigenvalue weighted by Crippen LogP contribution is 2.35. The molecule has 0 saturated carbocycles. The third kappa shape index (κ3) is 8.32. The molecule has 0 aliphatic carbocycles. The molecule has 2 aromatic heterocycles. The summed E-state index contributed by atoms with van der Waals surface area (Å²) in [5.74, 6) is 0.552. The molecule has 0 radical (unpaired) electrons. The van der Waals surface area contributed by atoms with Gasteiger partial charge in [0.05, 0.1) is 18.1 Å². The lowest BCUT2D eigenvalue weighted by molar-refractivity contribution is -0.204. The Hall–Kier alpha value is -1.23. The van der Waals surface area contributed by atoms with Crippen molar-refractivity contribution in [2.24, 2.45) is 5.92 Å². The van der Waals surface area contributed by atoms with Crippen molar-refractivity contribution in [3.63, 3.8) is 0 Å². The van der Waals surface area contributed by atoms with Crippen molar-refractivity contribution < 1.29 is 9.47 Å². The average Bonchev–Trinajstić information content (AvgIpc) is 3.30. The van der Waals surface area contributed by atoms with E-state index in [9.17, 15) is 0 Å². The highest BCUT2D eigenvalue weighted by Gasteiger charge is 2.24. The van der Waals surface area contributed by atoms with Crippen molar-refractivity contribution in [1.82, 2.24) is 4.98 Å². The monoisotopic (exact) mass is 443 g/mol. The van der Waals surface area contributed by atoms with Gasteiger partial charge in [-0.25, -0.2) is 0 Å². The number of unbranched alkanes of at least 4 members (excludes halogenated alkanes) is 8. The number of nitrogens with zero attached hydrogens (tertiary/aromatic N) is 1. The molecule has 4 heteroatoms. The standard InChI is InChI=1S/C27H41NO2S/c1-3-5-7-9-11-13-22-20-29-27(30-21-22)26-18-17-25(31-26)23-15-16-24(28-19-23)14-12-10-8-6-4-2/h15-19,22,27H,3-14,20-21H2,1-2H3/t22-,27-. The summed E-state index contributed by atoms with van der Waals surface area (Å²) in [6, 6.07) is 8.72. The lowest BCUT2D eigenvalue weighted by Crippen LogP contribution is -2.26. The summed E-state index contributed by atoms with van der Waals surface area (Å²) >= 11 is 1.76. The van der Waals surface area contributed by atoms with Gasteiger partial charge in [0.2, 0.25) is 0 Å². The molecular weight excluding hydrogens is 402 g/mol. The molecule has 1 saturated heterocycles. The van der Waals surface area contributed by atoms with Gasteiger partial charge in [-0.05, 0) is 37.5 Å². The number of thiophene rings is 1. The van der Waals surface area contributed by atoms with Crippen LogP contribution in [0.1, 0.15) is 101 Å². The Kier molecular flexibility index (Phi) is 11.0. The number of aromatic nitrogens is 1. The lowest BCUT2D eigenvalue weighted by atomic mass is 10.0. The maximum Gasteiger partial charge on any atom is 0.193 e. The summed E-state index contributed by atoms with van der Waals surface area (Å²) < 4.78 is 12.1. The van der Waals surface area contributed by atoms with Gasteiger partial charge >= 0.3 is 0 Å². The molecule has 0 unspecified atom stereocenters. The predicted octanol–water partition coefficient (Wildman–Crippen LogP) is 8.35. The molecule has 2 aromatic rings. The first-order valence-corrected chi connectivity index (χ1v) is 13.4. The second kappa shape index (κ2) is 14.0. The van der Waals surface area contributed by atoms with Crippen LogP contribution in [0.4, 0.5) is 0 Å². The van der Waals surface area contributed by atoms with Crippen LogP contribution in [0.5, 0.6) is 0 Å². The van der Waals surface area contributed by atoms with Crippen LogP contribution in [0, 0.1) is 5.92 Å². The summed E-state index contributed by atoms with van der Waals surface area (Å²) in [5.41, 5.74) is 2.39. The summed E-state index contributed by atoms with van der Waals surface area (Å²) in [5, 5.41) is 0. The van der Waals surface area contributed by atoms with Crippen LogP contribution in [0.15, 0.2) is 30.5 Å². The molecule has 0 N–H and O–H groups in total. The van der Waals surface area contributed by atoms with Crippen LogP contribution in [-0.4, -0.2) is 18.2 Å². The minimum atomic E-state index is -0.203. The van der Waals surface area contributed by atoms with E-state index in [1.54, 1.807) is 11.3 Å². The fourth-order valence-corrected chi connectivity index (χ4v) is 5.17. The van der Waals surface area contributed by atoms with E-state index in [0.717, 1.165) is 24.5 Å². The first-order valence-electron chi connectivity index (χ1n) is 12.6. The fraction of sp³-hybridized carbons (Fsp3) is 0.667. The largest absolute Gasteiger partial charge is 0.347 e. The Morgan fingerprint density at radius 1 is 0.839 bits per heavy atom. The number of aryl methyl sites for hydroxylation is 1. The summed E-state index contributed by atoms with van der Waals surface area (Å²) in [7, 11) is 0. The summed E-state index contributed by atoms with van der Waals surface area (Å²) in [6.07, 6.45) is 17.3. The molecule has 3 heterocycles. The van der Waals surface area contributed by atoms with Gasteiger partial charge in [-0.2, -0.15) is 0 Å². The Bertz CT molecular complexity index is 719. The number of hydrogen-bond donors (Lipinski definition) is 0. The van der Waals surface area contributed by atoms with Gasteiger partial charge in [0.25, 0.3) is 0 Å². The Morgan fingerprint density at radius 3 is 2.23 bits per heavy atom. The van der Waals surface area contributed by atoms with Crippen molar-refractivity contribution in [2.75, 3.05) is 13.2 Å². The van der Waals surface area contributed by atoms with Crippen molar-refractivity contribution in [3.05, 3.63) is 41.0 Å². The molecule has 1 fully saturated rings. The van der Waals surface area contributed by atoms with Gasteiger partial charge in [-0.15, -0.1) is 11.3 Å². The fourth-order valence-electron chi connectivity index (χ4n) is 4.17. The van der Waals surface area contributed by atoms with E-state index in [1.807, 2.05) is 6.20 Å². The zero-order chi connectivity index (χ0) is 21.7. The smallest absolute Gasteiger partial charge is 0.193 e. The topological polar surface area (TPSA) is 31.4 Å². The van der Waals surface area contributed by atoms with E-state index in [0.29, 0.717) is 5.92 Å². The predicted molar refractivity (Wildman–Crippen MR) is 132 cm³/mol. The van der Waals surface area contributed by atoms with Crippen molar-refractivity contribution in [1.29, 1.82) is 0 Å². The van der Waals surface area contributed by atoms with Crippen molar-refractivity contribution in [2.45, 2.75) is 97.2 Å². The molecule has 172 valence electrons. The molecule has 0 amide bonds. The lowest BCUT2D eigenvalue weighted by Gasteiger charge is -2.28. The third-order valence-corrected chi connectivity index (χ3v) is 7.34. The Morgan fingerprint density at radius 2 is 1.55 bits per heavy atom. The molecule has 31 heavy (non-hydrogen) atoms. The van der Waals surface area contributed by atoms with E-state index >= 15 is 0 Å². The molecule has 1 aliphatic rings. The maximum absolute atomic E-state index is 6.07. The van der Waals surface area contributed by atoms with E-state index in [-0.39, 0.29) is 6.29 Å². The molecule has 3 rings (SSSR count). The van der Waals surface area contributed by atoms with E-state index in [1.165, 1.54) is 86.8 Å². The number of pyridine rings is 1. The van der Waals surface area contributed by atoms with E-state index in [2.05, 4.69) is 38.1 Å². The summed E-state index contributed by atoms with van der Waals surface area (Å²) in [4.78, 5) is 7.10. The quantitative estimate of drug-likeness (QED) is 0.275. The Balaban J connectivity index is 1.41. The van der Waals surface area contributed by atoms with Gasteiger partial charge in [-0.3, -0.25) is 4.98 Å². The molecule has 0 bridgehead atoms. The van der Waals surface area contributed by atoms with Crippen LogP contribution < -0.4 is 0 Å². The maximum atomic E-state index is 6.07. The van der Waals surface area contributed by atoms with Crippen LogP contribution >= 0.6 is 11.3 Å². The van der Waals surface area contributed by atoms with Crippen molar-refractivity contribution in [3.8, 4) is 10.4 Å². The van der Waals surface area contributed by atoms with Gasteiger partial charge in [0.1, 0.15) is 0 Å². The SMILES string of the molecule is CCCCCCCc1ccc(-c2ccc([C@H]3OC[C@H](CCCCCCC)CO3)s2)cn1. The average molecular weight is 444 g/mol. The number of ether oxygens (including phenoxy) is 2. The zero-order valence-electron chi connectivity index (χ0n) is 19.6. The normalized spacial score (nSPS) is 19.0. The van der Waals surface area contributed by atoms with Crippen LogP contribution in [0.25, 0.3) is 10.4 Å². The first kappa shape index (κ1) is 24.4. The number of hydrogen-bond acceptors (Lipinski definition) is 4. The second-order valence-electron chi connectivity index (χ2n) is 8.97. The van der Waals surface area contributed by atoms with Gasteiger partial charge < -0.3 is 9.47 Å². The number of rotatable bonds is 14. The molecule has 0 atom stereocenters. The van der Waals surface area contributed by atoms with E-state index in [4.69, 9.17) is 14.5 Å². The molecule has 0 aromatic carbocycles. The minimum absolute atomic E-state index is 0.203. The van der Waals surface area contributed by atoms with Gasteiger partial charge in [0, 0.05) is 28.2 Å². The highest BCUT2D eigenvalue weighted by molar-refractivity contribution is 7.15. The second-order valence-corrected chi connectivity index (χ2v) is 10.1. The van der Waals surface area contributed by atoms with Crippen LogP contribution in [-0.2, 0) is 15.9 Å². The van der Waals surface area contributed by atoms with Crippen molar-refractivity contribution >= 4 is 11.3 Å². The molecule has 3 nitrogen and oxygen atoms in total. The Labute approximate surface area is 193 Å². The zero-order valence-corrected chi connectivity index (χ0v) is 20.4. The highest BCUT2D eigenvalue weighted by atomic mass is 32.1. The van der Waals surface area contributed by atoms with E-state index < -0.39 is 0 Å². The van der Waals surface area contributed by atoms with Crippen LogP contribution in [0.3, 0.4) is 0 Å². The van der Waals surface area contributed by atoms with Gasteiger partial charge in [-0.1, -0.05) is 77.7 Å². The third-order valence-electron chi connectivity index (χ3n) is 6.19.